The highest BCUT2D eigenvalue weighted by atomic mass is 35.5. The normalized spacial score (nSPS) is 12.5. The summed E-state index contributed by atoms with van der Waals surface area (Å²) in [6, 6.07) is 9.92. The quantitative estimate of drug-likeness (QED) is 0.865. The largest absolute Gasteiger partial charge is 0.496 e. The van der Waals surface area contributed by atoms with E-state index in [0.717, 1.165) is 11.3 Å². The second-order valence-electron chi connectivity index (χ2n) is 5.97. The Hall–Kier alpha value is -1.77. The predicted octanol–water partition coefficient (Wildman–Crippen LogP) is 4.88. The molecule has 0 saturated carbocycles. The monoisotopic (exact) mass is 335 g/mol. The van der Waals surface area contributed by atoms with Crippen molar-refractivity contribution in [1.82, 2.24) is 4.37 Å². The molecule has 0 bridgehead atoms. The van der Waals surface area contributed by atoms with Crippen LogP contribution < -0.4 is 10.1 Å². The summed E-state index contributed by atoms with van der Waals surface area (Å²) in [6.07, 6.45) is 0. The Morgan fingerprint density at radius 3 is 2.64 bits per heavy atom. The number of para-hydroxylation sites is 1. The van der Waals surface area contributed by atoms with Crippen molar-refractivity contribution in [3.63, 3.8) is 0 Å². The summed E-state index contributed by atoms with van der Waals surface area (Å²) in [6.45, 7) is 6.39. The average Bonchev–Trinajstić information content (AvgIpc) is 2.83. The SMILES string of the molecule is COc1ccccc1C(Nc1snc(Cl)c1C#N)C(C)(C)C. The summed E-state index contributed by atoms with van der Waals surface area (Å²) in [7, 11) is 1.66. The van der Waals surface area contributed by atoms with Crippen LogP contribution in [-0.4, -0.2) is 11.5 Å². The number of ether oxygens (including phenoxy) is 1. The Morgan fingerprint density at radius 1 is 1.36 bits per heavy atom. The van der Waals surface area contributed by atoms with E-state index in [2.05, 4.69) is 36.5 Å². The number of nitriles is 1. The Morgan fingerprint density at radius 2 is 2.05 bits per heavy atom. The third-order valence-electron chi connectivity index (χ3n) is 3.35. The van der Waals surface area contributed by atoms with Crippen LogP contribution in [0.2, 0.25) is 5.15 Å². The van der Waals surface area contributed by atoms with Crippen LogP contribution in [0.15, 0.2) is 24.3 Å². The third kappa shape index (κ3) is 3.34. The van der Waals surface area contributed by atoms with E-state index in [1.807, 2.05) is 24.3 Å². The topological polar surface area (TPSA) is 57.9 Å². The Bertz CT molecular complexity index is 700. The molecule has 2 rings (SSSR count). The third-order valence-corrected chi connectivity index (χ3v) is 4.51. The van der Waals surface area contributed by atoms with Gasteiger partial charge >= 0.3 is 0 Å². The molecule has 0 aliphatic carbocycles. The second kappa shape index (κ2) is 6.55. The highest BCUT2D eigenvalue weighted by Gasteiger charge is 2.30. The standard InChI is InChI=1S/C16H18ClN3OS/c1-16(2,3)13(10-7-5-6-8-12(10)21-4)19-15-11(9-18)14(17)20-22-15/h5-8,13,19H,1-4H3. The molecule has 2 aromatic rings. The van der Waals surface area contributed by atoms with E-state index in [1.165, 1.54) is 11.5 Å². The molecule has 0 radical (unpaired) electrons. The maximum absolute atomic E-state index is 9.24. The average molecular weight is 336 g/mol. The Balaban J connectivity index is 2.46. The summed E-state index contributed by atoms with van der Waals surface area (Å²) < 4.78 is 9.53. The van der Waals surface area contributed by atoms with Gasteiger partial charge in [-0.3, -0.25) is 0 Å². The number of hydrogen-bond donors (Lipinski definition) is 1. The molecular formula is C16H18ClN3OS. The van der Waals surface area contributed by atoms with Gasteiger partial charge < -0.3 is 10.1 Å². The van der Waals surface area contributed by atoms with Gasteiger partial charge in [0.25, 0.3) is 0 Å². The number of nitrogens with zero attached hydrogens (tertiary/aromatic N) is 2. The number of hydrogen-bond acceptors (Lipinski definition) is 5. The molecular weight excluding hydrogens is 318 g/mol. The molecule has 22 heavy (non-hydrogen) atoms. The molecule has 1 heterocycles. The number of methoxy groups -OCH3 is 1. The van der Waals surface area contributed by atoms with Crippen molar-refractivity contribution in [3.05, 3.63) is 40.5 Å². The van der Waals surface area contributed by atoms with Gasteiger partial charge in [-0.2, -0.15) is 9.64 Å². The summed E-state index contributed by atoms with van der Waals surface area (Å²) >= 11 is 7.16. The predicted molar refractivity (Wildman–Crippen MR) is 90.7 cm³/mol. The van der Waals surface area contributed by atoms with Crippen molar-refractivity contribution in [2.24, 2.45) is 5.41 Å². The zero-order valence-electron chi connectivity index (χ0n) is 13.0. The lowest BCUT2D eigenvalue weighted by atomic mass is 9.82. The minimum Gasteiger partial charge on any atom is -0.496 e. The number of anilines is 1. The lowest BCUT2D eigenvalue weighted by Gasteiger charge is -2.33. The van der Waals surface area contributed by atoms with Gasteiger partial charge in [0.15, 0.2) is 5.15 Å². The number of nitrogens with one attached hydrogen (secondary N) is 1. The lowest BCUT2D eigenvalue weighted by molar-refractivity contribution is 0.332. The molecule has 0 aliphatic heterocycles. The first kappa shape index (κ1) is 16.6. The van der Waals surface area contributed by atoms with E-state index < -0.39 is 0 Å². The van der Waals surface area contributed by atoms with Crippen molar-refractivity contribution in [3.8, 4) is 11.8 Å². The van der Waals surface area contributed by atoms with Crippen LogP contribution in [0.1, 0.15) is 37.9 Å². The van der Waals surface area contributed by atoms with Crippen LogP contribution in [0.25, 0.3) is 0 Å². The van der Waals surface area contributed by atoms with E-state index >= 15 is 0 Å². The molecule has 1 atom stereocenters. The van der Waals surface area contributed by atoms with Crippen molar-refractivity contribution in [2.75, 3.05) is 12.4 Å². The smallest absolute Gasteiger partial charge is 0.162 e. The van der Waals surface area contributed by atoms with Crippen LogP contribution in [0.4, 0.5) is 5.00 Å². The first-order valence-corrected chi connectivity index (χ1v) is 7.98. The van der Waals surface area contributed by atoms with E-state index in [9.17, 15) is 5.26 Å². The van der Waals surface area contributed by atoms with Crippen LogP contribution in [0, 0.1) is 16.7 Å². The minimum atomic E-state index is -0.0994. The molecule has 0 fully saturated rings. The molecule has 0 amide bonds. The fraction of sp³-hybridized carbons (Fsp3) is 0.375. The second-order valence-corrected chi connectivity index (χ2v) is 7.11. The molecule has 1 aromatic heterocycles. The first-order chi connectivity index (χ1) is 10.4. The summed E-state index contributed by atoms with van der Waals surface area (Å²) in [5.74, 6) is 0.809. The molecule has 1 aromatic carbocycles. The van der Waals surface area contributed by atoms with Gasteiger partial charge in [0, 0.05) is 5.56 Å². The first-order valence-electron chi connectivity index (χ1n) is 6.83. The number of halogens is 1. The van der Waals surface area contributed by atoms with E-state index in [0.29, 0.717) is 10.6 Å². The van der Waals surface area contributed by atoms with Crippen LogP contribution >= 0.6 is 23.1 Å². The van der Waals surface area contributed by atoms with Crippen molar-refractivity contribution < 1.29 is 4.74 Å². The Labute approximate surface area is 139 Å². The lowest BCUT2D eigenvalue weighted by Crippen LogP contribution is -2.26. The highest BCUT2D eigenvalue weighted by Crippen LogP contribution is 2.41. The fourth-order valence-electron chi connectivity index (χ4n) is 2.26. The maximum Gasteiger partial charge on any atom is 0.162 e. The summed E-state index contributed by atoms with van der Waals surface area (Å²) in [5, 5.41) is 13.6. The zero-order valence-corrected chi connectivity index (χ0v) is 14.5. The molecule has 0 spiro atoms. The number of benzene rings is 1. The molecule has 0 saturated heterocycles. The van der Waals surface area contributed by atoms with Gasteiger partial charge in [0.2, 0.25) is 0 Å². The van der Waals surface area contributed by atoms with Crippen LogP contribution in [0.5, 0.6) is 5.75 Å². The molecule has 0 aliphatic rings. The number of aromatic nitrogens is 1. The zero-order chi connectivity index (χ0) is 16.3. The van der Waals surface area contributed by atoms with Gasteiger partial charge in [-0.1, -0.05) is 50.6 Å². The van der Waals surface area contributed by atoms with Gasteiger partial charge in [0.1, 0.15) is 22.4 Å². The van der Waals surface area contributed by atoms with Crippen molar-refractivity contribution >= 4 is 28.1 Å². The maximum atomic E-state index is 9.24. The van der Waals surface area contributed by atoms with Gasteiger partial charge in [-0.25, -0.2) is 0 Å². The van der Waals surface area contributed by atoms with Crippen LogP contribution in [-0.2, 0) is 0 Å². The van der Waals surface area contributed by atoms with E-state index in [4.69, 9.17) is 16.3 Å². The molecule has 1 unspecified atom stereocenters. The van der Waals surface area contributed by atoms with Gasteiger partial charge in [-0.05, 0) is 23.0 Å². The molecule has 6 heteroatoms. The molecule has 116 valence electrons. The summed E-state index contributed by atoms with van der Waals surface area (Å²) in [5.41, 5.74) is 1.32. The summed E-state index contributed by atoms with van der Waals surface area (Å²) in [4.78, 5) is 0. The van der Waals surface area contributed by atoms with Gasteiger partial charge in [0.05, 0.1) is 13.2 Å². The van der Waals surface area contributed by atoms with Crippen molar-refractivity contribution in [1.29, 1.82) is 5.26 Å². The van der Waals surface area contributed by atoms with E-state index in [-0.39, 0.29) is 16.6 Å². The van der Waals surface area contributed by atoms with E-state index in [1.54, 1.807) is 7.11 Å². The number of rotatable bonds is 4. The van der Waals surface area contributed by atoms with Gasteiger partial charge in [-0.15, -0.1) is 0 Å². The Kier molecular flexibility index (Phi) is 4.94. The van der Waals surface area contributed by atoms with Crippen LogP contribution in [0.3, 0.4) is 0 Å². The fourth-order valence-corrected chi connectivity index (χ4v) is 3.23. The molecule has 4 nitrogen and oxygen atoms in total. The minimum absolute atomic E-state index is 0.0488. The molecule has 1 N–H and O–H groups in total. The van der Waals surface area contributed by atoms with Crippen molar-refractivity contribution in [2.45, 2.75) is 26.8 Å². The highest BCUT2D eigenvalue weighted by molar-refractivity contribution is 7.10.